The van der Waals surface area contributed by atoms with Crippen LogP contribution in [0.25, 0.3) is 0 Å². The third kappa shape index (κ3) is 4.22. The van der Waals surface area contributed by atoms with Crippen LogP contribution < -0.4 is 5.32 Å². The maximum atomic E-state index is 11.8. The molecule has 0 spiro atoms. The SMILES string of the molecule is O=C(CN1CCSCC1)Nc1ccc([N+](=O)[O-])cc1. The molecule has 1 aliphatic heterocycles. The molecule has 1 aromatic carbocycles. The van der Waals surface area contributed by atoms with Crippen LogP contribution in [-0.2, 0) is 4.79 Å². The lowest BCUT2D eigenvalue weighted by Gasteiger charge is -2.25. The Morgan fingerprint density at radius 2 is 1.95 bits per heavy atom. The standard InChI is InChI=1S/C12H15N3O3S/c16-12(9-14-5-7-19-8-6-14)13-10-1-3-11(4-2-10)15(17)18/h1-4H,5-9H2,(H,13,16). The van der Waals surface area contributed by atoms with E-state index in [1.165, 1.54) is 12.1 Å². The molecule has 19 heavy (non-hydrogen) atoms. The van der Waals surface area contributed by atoms with Gasteiger partial charge in [-0.1, -0.05) is 0 Å². The number of amides is 1. The van der Waals surface area contributed by atoms with E-state index in [9.17, 15) is 14.9 Å². The van der Waals surface area contributed by atoms with Gasteiger partial charge in [-0.3, -0.25) is 19.8 Å². The summed E-state index contributed by atoms with van der Waals surface area (Å²) in [6.45, 7) is 2.23. The van der Waals surface area contributed by atoms with Gasteiger partial charge < -0.3 is 5.32 Å². The molecular weight excluding hydrogens is 266 g/mol. The normalized spacial score (nSPS) is 16.0. The van der Waals surface area contributed by atoms with Crippen molar-refractivity contribution in [3.8, 4) is 0 Å². The summed E-state index contributed by atoms with van der Waals surface area (Å²) in [7, 11) is 0. The third-order valence-electron chi connectivity index (χ3n) is 2.83. The number of carbonyl (C=O) groups is 1. The molecule has 0 bridgehead atoms. The fourth-order valence-electron chi connectivity index (χ4n) is 1.83. The van der Waals surface area contributed by atoms with Crippen LogP contribution in [0.2, 0.25) is 0 Å². The van der Waals surface area contributed by atoms with E-state index in [2.05, 4.69) is 10.2 Å². The molecule has 1 amide bonds. The topological polar surface area (TPSA) is 75.5 Å². The lowest BCUT2D eigenvalue weighted by atomic mass is 10.3. The molecule has 1 saturated heterocycles. The van der Waals surface area contributed by atoms with E-state index in [4.69, 9.17) is 0 Å². The number of nitro benzene ring substituents is 1. The molecule has 6 nitrogen and oxygen atoms in total. The van der Waals surface area contributed by atoms with E-state index >= 15 is 0 Å². The van der Waals surface area contributed by atoms with Gasteiger partial charge in [0.05, 0.1) is 11.5 Å². The number of hydrogen-bond donors (Lipinski definition) is 1. The first kappa shape index (κ1) is 13.8. The van der Waals surface area contributed by atoms with E-state index in [1.54, 1.807) is 12.1 Å². The number of nitro groups is 1. The summed E-state index contributed by atoms with van der Waals surface area (Å²) in [5.74, 6) is 2.04. The van der Waals surface area contributed by atoms with Crippen molar-refractivity contribution in [2.45, 2.75) is 0 Å². The predicted octanol–water partition coefficient (Wildman–Crippen LogP) is 1.58. The van der Waals surface area contributed by atoms with Crippen LogP contribution in [0.5, 0.6) is 0 Å². The van der Waals surface area contributed by atoms with Gasteiger partial charge in [0.15, 0.2) is 0 Å². The number of nitrogens with zero attached hydrogens (tertiary/aromatic N) is 2. The average molecular weight is 281 g/mol. The number of carbonyl (C=O) groups excluding carboxylic acids is 1. The molecule has 1 heterocycles. The van der Waals surface area contributed by atoms with E-state index in [1.807, 2.05) is 11.8 Å². The zero-order valence-corrected chi connectivity index (χ0v) is 11.2. The molecule has 0 radical (unpaired) electrons. The van der Waals surface area contributed by atoms with Crippen molar-refractivity contribution in [3.63, 3.8) is 0 Å². The van der Waals surface area contributed by atoms with E-state index < -0.39 is 4.92 Å². The van der Waals surface area contributed by atoms with Crippen molar-refractivity contribution < 1.29 is 9.72 Å². The van der Waals surface area contributed by atoms with Crippen molar-refractivity contribution in [1.29, 1.82) is 0 Å². The van der Waals surface area contributed by atoms with Gasteiger partial charge in [-0.05, 0) is 12.1 Å². The average Bonchev–Trinajstić information content (AvgIpc) is 2.40. The molecule has 0 aliphatic carbocycles. The molecule has 1 aromatic rings. The van der Waals surface area contributed by atoms with Crippen molar-refractivity contribution in [2.24, 2.45) is 0 Å². The van der Waals surface area contributed by atoms with Crippen LogP contribution in [0.15, 0.2) is 24.3 Å². The van der Waals surface area contributed by atoms with E-state index in [0.29, 0.717) is 12.2 Å². The molecule has 0 unspecified atom stereocenters. The summed E-state index contributed by atoms with van der Waals surface area (Å²) in [6, 6.07) is 5.85. The molecule has 2 rings (SSSR count). The van der Waals surface area contributed by atoms with Crippen LogP contribution in [0.3, 0.4) is 0 Å². The summed E-state index contributed by atoms with van der Waals surface area (Å²) in [4.78, 5) is 24.0. The molecule has 1 N–H and O–H groups in total. The highest BCUT2D eigenvalue weighted by Gasteiger charge is 2.14. The van der Waals surface area contributed by atoms with Crippen molar-refractivity contribution in [3.05, 3.63) is 34.4 Å². The molecule has 7 heteroatoms. The van der Waals surface area contributed by atoms with Crippen molar-refractivity contribution in [1.82, 2.24) is 4.90 Å². The Hall–Kier alpha value is -1.60. The van der Waals surface area contributed by atoms with Crippen LogP contribution in [0.4, 0.5) is 11.4 Å². The van der Waals surface area contributed by atoms with Gasteiger partial charge in [0.1, 0.15) is 0 Å². The number of anilines is 1. The lowest BCUT2D eigenvalue weighted by Crippen LogP contribution is -2.38. The molecule has 102 valence electrons. The van der Waals surface area contributed by atoms with Crippen LogP contribution in [0.1, 0.15) is 0 Å². The van der Waals surface area contributed by atoms with Crippen LogP contribution in [0, 0.1) is 10.1 Å². The summed E-state index contributed by atoms with van der Waals surface area (Å²) in [5, 5.41) is 13.3. The van der Waals surface area contributed by atoms with Gasteiger partial charge in [0.25, 0.3) is 5.69 Å². The van der Waals surface area contributed by atoms with Crippen LogP contribution in [-0.4, -0.2) is 46.9 Å². The van der Waals surface area contributed by atoms with Gasteiger partial charge in [-0.2, -0.15) is 11.8 Å². The Labute approximate surface area is 115 Å². The van der Waals surface area contributed by atoms with Crippen LogP contribution >= 0.6 is 11.8 Å². The minimum absolute atomic E-state index is 0.0195. The Bertz CT molecular complexity index is 458. The third-order valence-corrected chi connectivity index (χ3v) is 3.78. The fourth-order valence-corrected chi connectivity index (χ4v) is 2.81. The summed E-state index contributed by atoms with van der Waals surface area (Å²) in [6.07, 6.45) is 0. The quantitative estimate of drug-likeness (QED) is 0.670. The monoisotopic (exact) mass is 281 g/mol. The van der Waals surface area contributed by atoms with E-state index in [-0.39, 0.29) is 11.6 Å². The zero-order chi connectivity index (χ0) is 13.7. The first-order valence-electron chi connectivity index (χ1n) is 5.99. The molecule has 1 aliphatic rings. The maximum Gasteiger partial charge on any atom is 0.269 e. The zero-order valence-electron chi connectivity index (χ0n) is 10.4. The second kappa shape index (κ2) is 6.53. The number of hydrogen-bond acceptors (Lipinski definition) is 5. The maximum absolute atomic E-state index is 11.8. The lowest BCUT2D eigenvalue weighted by molar-refractivity contribution is -0.384. The number of thioether (sulfide) groups is 1. The number of benzene rings is 1. The van der Waals surface area contributed by atoms with Gasteiger partial charge in [-0.25, -0.2) is 0 Å². The molecule has 0 saturated carbocycles. The summed E-state index contributed by atoms with van der Waals surface area (Å²) in [5.41, 5.74) is 0.605. The van der Waals surface area contributed by atoms with Crippen molar-refractivity contribution in [2.75, 3.05) is 36.5 Å². The summed E-state index contributed by atoms with van der Waals surface area (Å²) < 4.78 is 0. The highest BCUT2D eigenvalue weighted by molar-refractivity contribution is 7.99. The Balaban J connectivity index is 1.85. The van der Waals surface area contributed by atoms with E-state index in [0.717, 1.165) is 24.6 Å². The first-order valence-corrected chi connectivity index (χ1v) is 7.15. The van der Waals surface area contributed by atoms with Gasteiger partial charge in [0.2, 0.25) is 5.91 Å². The van der Waals surface area contributed by atoms with Gasteiger partial charge in [-0.15, -0.1) is 0 Å². The minimum Gasteiger partial charge on any atom is -0.325 e. The molecule has 0 aromatic heterocycles. The van der Waals surface area contributed by atoms with Crippen molar-refractivity contribution >= 4 is 29.0 Å². The summed E-state index contributed by atoms with van der Waals surface area (Å²) >= 11 is 1.90. The van der Waals surface area contributed by atoms with Gasteiger partial charge in [0, 0.05) is 42.4 Å². The molecule has 1 fully saturated rings. The largest absolute Gasteiger partial charge is 0.325 e. The Morgan fingerprint density at radius 3 is 2.53 bits per heavy atom. The molecule has 0 atom stereocenters. The predicted molar refractivity (Wildman–Crippen MR) is 75.5 cm³/mol. The smallest absolute Gasteiger partial charge is 0.269 e. The fraction of sp³-hybridized carbons (Fsp3) is 0.417. The minimum atomic E-state index is -0.461. The second-order valence-electron chi connectivity index (χ2n) is 4.24. The Kier molecular flexibility index (Phi) is 4.75. The highest BCUT2D eigenvalue weighted by Crippen LogP contribution is 2.15. The van der Waals surface area contributed by atoms with Gasteiger partial charge >= 0.3 is 0 Å². The number of rotatable bonds is 4. The Morgan fingerprint density at radius 1 is 1.32 bits per heavy atom. The first-order chi connectivity index (χ1) is 9.15. The molecular formula is C12H15N3O3S. The number of non-ortho nitro benzene ring substituents is 1. The highest BCUT2D eigenvalue weighted by atomic mass is 32.2. The second-order valence-corrected chi connectivity index (χ2v) is 5.47. The number of nitrogens with one attached hydrogen (secondary N) is 1.